The average molecular weight is 371 g/mol. The van der Waals surface area contributed by atoms with Crippen molar-refractivity contribution in [1.82, 2.24) is 14.8 Å². The molecule has 1 spiro atoms. The van der Waals surface area contributed by atoms with Gasteiger partial charge in [0.15, 0.2) is 0 Å². The summed E-state index contributed by atoms with van der Waals surface area (Å²) in [5, 5.41) is 0. The van der Waals surface area contributed by atoms with E-state index in [-0.39, 0.29) is 17.9 Å². The normalized spacial score (nSPS) is 30.8. The van der Waals surface area contributed by atoms with Crippen LogP contribution < -0.4 is 0 Å². The van der Waals surface area contributed by atoms with E-state index in [0.717, 1.165) is 5.69 Å². The Morgan fingerprint density at radius 3 is 3.07 bits per heavy atom. The zero-order valence-electron chi connectivity index (χ0n) is 15.7. The Hall–Kier alpha value is -2.25. The summed E-state index contributed by atoms with van der Waals surface area (Å²) in [5.41, 5.74) is 0.152. The number of pyridine rings is 1. The number of carbonyl (C=O) groups is 2. The Kier molecular flexibility index (Phi) is 4.74. The molecule has 144 valence electrons. The van der Waals surface area contributed by atoms with Crippen LogP contribution in [0.25, 0.3) is 0 Å². The lowest BCUT2D eigenvalue weighted by Gasteiger charge is -2.27. The minimum Gasteiger partial charge on any atom is -0.380 e. The van der Waals surface area contributed by atoms with Gasteiger partial charge in [0, 0.05) is 26.4 Å². The van der Waals surface area contributed by atoms with Crippen LogP contribution in [0.3, 0.4) is 0 Å². The molecule has 0 N–H and O–H groups in total. The Morgan fingerprint density at radius 1 is 1.48 bits per heavy atom. The highest BCUT2D eigenvalue weighted by Crippen LogP contribution is 2.52. The molecule has 1 aromatic rings. The van der Waals surface area contributed by atoms with Gasteiger partial charge in [-0.05, 0) is 19.1 Å². The number of amides is 2. The summed E-state index contributed by atoms with van der Waals surface area (Å²) in [6.45, 7) is 4.47. The van der Waals surface area contributed by atoms with Crippen LogP contribution in [-0.4, -0.2) is 71.7 Å². The maximum atomic E-state index is 13.2. The Morgan fingerprint density at radius 2 is 2.33 bits per heavy atom. The number of ether oxygens (including phenoxy) is 2. The molecule has 2 saturated heterocycles. The molecule has 7 nitrogen and oxygen atoms in total. The molecule has 3 aliphatic heterocycles. The van der Waals surface area contributed by atoms with E-state index in [1.54, 1.807) is 23.0 Å². The molecular weight excluding hydrogens is 346 g/mol. The van der Waals surface area contributed by atoms with Crippen molar-refractivity contribution in [3.8, 4) is 0 Å². The summed E-state index contributed by atoms with van der Waals surface area (Å²) in [5.74, 6) is -1.01. The molecule has 0 radical (unpaired) electrons. The van der Waals surface area contributed by atoms with Crippen molar-refractivity contribution in [1.29, 1.82) is 0 Å². The summed E-state index contributed by atoms with van der Waals surface area (Å²) in [6.07, 6.45) is 5.30. The van der Waals surface area contributed by atoms with Crippen LogP contribution in [0.1, 0.15) is 12.6 Å². The lowest BCUT2D eigenvalue weighted by atomic mass is 9.76. The van der Waals surface area contributed by atoms with Crippen molar-refractivity contribution in [3.63, 3.8) is 0 Å². The van der Waals surface area contributed by atoms with Gasteiger partial charge in [-0.1, -0.05) is 18.2 Å². The first-order valence-electron chi connectivity index (χ1n) is 9.44. The van der Waals surface area contributed by atoms with Gasteiger partial charge in [-0.3, -0.25) is 14.6 Å². The number of fused-ring (bicyclic) bond motifs is 1. The molecule has 4 heterocycles. The molecular formula is C20H25N3O4. The third-order valence-corrected chi connectivity index (χ3v) is 5.68. The number of carbonyl (C=O) groups excluding carboxylic acids is 2. The molecule has 2 fully saturated rings. The highest BCUT2D eigenvalue weighted by atomic mass is 16.5. The molecule has 7 heteroatoms. The molecule has 2 bridgehead atoms. The van der Waals surface area contributed by atoms with Gasteiger partial charge in [0.1, 0.15) is 5.60 Å². The van der Waals surface area contributed by atoms with Gasteiger partial charge in [0.25, 0.3) is 0 Å². The van der Waals surface area contributed by atoms with Crippen LogP contribution in [0, 0.1) is 11.8 Å². The van der Waals surface area contributed by atoms with Crippen LogP contribution in [0.2, 0.25) is 0 Å². The van der Waals surface area contributed by atoms with Gasteiger partial charge in [-0.25, -0.2) is 0 Å². The fraction of sp³-hybridized carbons (Fsp3) is 0.550. The predicted molar refractivity (Wildman–Crippen MR) is 97.5 cm³/mol. The summed E-state index contributed by atoms with van der Waals surface area (Å²) in [7, 11) is 1.76. The van der Waals surface area contributed by atoms with E-state index in [1.807, 2.05) is 37.3 Å². The zero-order chi connectivity index (χ0) is 19.0. The summed E-state index contributed by atoms with van der Waals surface area (Å²) < 4.78 is 11.5. The first-order chi connectivity index (χ1) is 13.1. The van der Waals surface area contributed by atoms with Crippen LogP contribution >= 0.6 is 0 Å². The number of hydrogen-bond donors (Lipinski definition) is 0. The van der Waals surface area contributed by atoms with E-state index >= 15 is 0 Å². The van der Waals surface area contributed by atoms with Gasteiger partial charge in [-0.15, -0.1) is 0 Å². The first-order valence-corrected chi connectivity index (χ1v) is 9.44. The monoisotopic (exact) mass is 371 g/mol. The number of rotatable bonds is 7. The summed E-state index contributed by atoms with van der Waals surface area (Å²) >= 11 is 0. The summed E-state index contributed by atoms with van der Waals surface area (Å²) in [6, 6.07) is 5.63. The van der Waals surface area contributed by atoms with Crippen molar-refractivity contribution in [2.24, 2.45) is 11.8 Å². The predicted octanol–water partition coefficient (Wildman–Crippen LogP) is 0.858. The number of aromatic nitrogens is 1. The maximum absolute atomic E-state index is 13.2. The minimum atomic E-state index is -0.667. The fourth-order valence-corrected chi connectivity index (χ4v) is 4.44. The van der Waals surface area contributed by atoms with Gasteiger partial charge >= 0.3 is 0 Å². The van der Waals surface area contributed by atoms with E-state index in [2.05, 4.69) is 4.98 Å². The van der Waals surface area contributed by atoms with E-state index in [9.17, 15) is 9.59 Å². The third-order valence-electron chi connectivity index (χ3n) is 5.68. The number of likely N-dealkylation sites (tertiary alicyclic amines) is 1. The molecule has 3 aliphatic rings. The Bertz CT molecular complexity index is 753. The minimum absolute atomic E-state index is 0.00820. The van der Waals surface area contributed by atoms with Crippen LogP contribution in [0.4, 0.5) is 0 Å². The molecule has 4 atom stereocenters. The molecule has 0 aliphatic carbocycles. The van der Waals surface area contributed by atoms with Gasteiger partial charge < -0.3 is 19.3 Å². The average Bonchev–Trinajstić information content (AvgIpc) is 3.31. The number of hydrogen-bond acceptors (Lipinski definition) is 5. The molecule has 2 amide bonds. The van der Waals surface area contributed by atoms with E-state index in [4.69, 9.17) is 9.47 Å². The number of nitrogens with zero attached hydrogens (tertiary/aromatic N) is 3. The summed E-state index contributed by atoms with van der Waals surface area (Å²) in [4.78, 5) is 33.9. The quantitative estimate of drug-likeness (QED) is 0.525. The lowest BCUT2D eigenvalue weighted by Crippen LogP contribution is -2.44. The maximum Gasteiger partial charge on any atom is 0.230 e. The van der Waals surface area contributed by atoms with E-state index < -0.39 is 17.4 Å². The van der Waals surface area contributed by atoms with Gasteiger partial charge in [0.05, 0.1) is 43.3 Å². The second kappa shape index (κ2) is 7.05. The van der Waals surface area contributed by atoms with Crippen molar-refractivity contribution < 1.29 is 19.1 Å². The lowest BCUT2D eigenvalue weighted by molar-refractivity contribution is -0.143. The largest absolute Gasteiger partial charge is 0.380 e. The first kappa shape index (κ1) is 18.1. The molecule has 0 aromatic carbocycles. The van der Waals surface area contributed by atoms with Gasteiger partial charge in [-0.2, -0.15) is 0 Å². The van der Waals surface area contributed by atoms with Gasteiger partial charge in [0.2, 0.25) is 11.8 Å². The molecule has 0 unspecified atom stereocenters. The molecule has 0 saturated carbocycles. The molecule has 1 aromatic heterocycles. The van der Waals surface area contributed by atoms with Crippen LogP contribution in [0.15, 0.2) is 36.5 Å². The van der Waals surface area contributed by atoms with Crippen LogP contribution in [-0.2, 0) is 25.6 Å². The molecule has 27 heavy (non-hydrogen) atoms. The zero-order valence-corrected chi connectivity index (χ0v) is 15.7. The molecule has 4 rings (SSSR count). The van der Waals surface area contributed by atoms with Crippen LogP contribution in [0.5, 0.6) is 0 Å². The third kappa shape index (κ3) is 3.04. The van der Waals surface area contributed by atoms with Crippen molar-refractivity contribution in [3.05, 3.63) is 42.2 Å². The standard InChI is InChI=1S/C20H25N3O4/c1-3-26-11-10-23-13-20-8-7-15(27-20)16(17(20)19(23)25)18(24)22(2)12-14-6-4-5-9-21-14/h4-9,15-17H,3,10-13H2,1-2H3/t15-,16-,17-,20-/m0/s1. The van der Waals surface area contributed by atoms with Crippen molar-refractivity contribution in [2.45, 2.75) is 25.2 Å². The second-order valence-electron chi connectivity index (χ2n) is 7.37. The topological polar surface area (TPSA) is 72.0 Å². The Labute approximate surface area is 158 Å². The smallest absolute Gasteiger partial charge is 0.230 e. The van der Waals surface area contributed by atoms with Crippen molar-refractivity contribution in [2.75, 3.05) is 33.4 Å². The van der Waals surface area contributed by atoms with E-state index in [0.29, 0.717) is 32.8 Å². The highest BCUT2D eigenvalue weighted by molar-refractivity contribution is 5.93. The van der Waals surface area contributed by atoms with E-state index in [1.165, 1.54) is 0 Å². The Balaban J connectivity index is 1.49. The highest BCUT2D eigenvalue weighted by Gasteiger charge is 2.66. The fourth-order valence-electron chi connectivity index (χ4n) is 4.44. The SMILES string of the molecule is CCOCCN1C[C@]23C=C[C@H](O2)[C@H](C(=O)N(C)Cc2ccccn2)[C@H]3C1=O. The van der Waals surface area contributed by atoms with Crippen molar-refractivity contribution >= 4 is 11.8 Å². The second-order valence-corrected chi connectivity index (χ2v) is 7.37.